The van der Waals surface area contributed by atoms with Gasteiger partial charge in [0.25, 0.3) is 5.91 Å². The van der Waals surface area contributed by atoms with E-state index >= 15 is 0 Å². The van der Waals surface area contributed by atoms with Crippen molar-refractivity contribution in [2.75, 3.05) is 32.8 Å². The van der Waals surface area contributed by atoms with E-state index < -0.39 is 0 Å². The number of para-hydroxylation sites is 1. The van der Waals surface area contributed by atoms with Gasteiger partial charge in [0.05, 0.1) is 23.8 Å². The number of likely N-dealkylation sites (N-methyl/N-ethyl adjacent to an activating group) is 1. The van der Waals surface area contributed by atoms with Crippen molar-refractivity contribution in [3.05, 3.63) is 71.0 Å². The second-order valence-corrected chi connectivity index (χ2v) is 9.26. The first kappa shape index (κ1) is 23.3. The predicted octanol–water partition coefficient (Wildman–Crippen LogP) is 4.26. The van der Waals surface area contributed by atoms with Crippen molar-refractivity contribution in [3.8, 4) is 0 Å². The second kappa shape index (κ2) is 10.1. The Morgan fingerprint density at radius 1 is 1.14 bits per heavy atom. The van der Waals surface area contributed by atoms with Gasteiger partial charge in [0.1, 0.15) is 12.4 Å². The molecule has 2 aliphatic heterocycles. The molecule has 0 saturated carbocycles. The van der Waals surface area contributed by atoms with Gasteiger partial charge in [-0.15, -0.1) is 0 Å². The van der Waals surface area contributed by atoms with E-state index in [0.29, 0.717) is 48.6 Å². The van der Waals surface area contributed by atoms with Gasteiger partial charge in [0.15, 0.2) is 5.17 Å². The van der Waals surface area contributed by atoms with Crippen molar-refractivity contribution in [2.24, 2.45) is 4.99 Å². The molecule has 180 valence electrons. The first-order chi connectivity index (χ1) is 17.0. The summed E-state index contributed by atoms with van der Waals surface area (Å²) in [6.45, 7) is 4.91. The van der Waals surface area contributed by atoms with Crippen molar-refractivity contribution in [3.63, 3.8) is 0 Å². The number of carbonyl (C=O) groups excluding carboxylic acids is 2. The maximum atomic E-state index is 13.3. The average molecular weight is 493 g/mol. The van der Waals surface area contributed by atoms with Crippen LogP contribution in [0.1, 0.15) is 12.5 Å². The van der Waals surface area contributed by atoms with Crippen LogP contribution < -0.4 is 0 Å². The zero-order valence-corrected chi connectivity index (χ0v) is 20.1. The standard InChI is InChI=1S/C26H25FN4O3S/c1-2-31-25(33)23(35-26(31)28-20-9-7-19(27)8-10-20)15-18-16-30(22-6-4-3-5-21(18)22)17-24(32)29-11-13-34-14-12-29/h3-10,15-16H,2,11-14,17H2,1H3/b23-15-,28-26?. The molecule has 0 spiro atoms. The van der Waals surface area contributed by atoms with E-state index in [9.17, 15) is 14.0 Å². The Balaban J connectivity index is 1.45. The Kier molecular flexibility index (Phi) is 6.70. The lowest BCUT2D eigenvalue weighted by Gasteiger charge is -2.27. The number of amides is 2. The SMILES string of the molecule is CCN1C(=O)/C(=C/c2cn(CC(=O)N3CCOCC3)c3ccccc23)SC1=Nc1ccc(F)cc1. The molecule has 0 N–H and O–H groups in total. The lowest BCUT2D eigenvalue weighted by molar-refractivity contribution is -0.135. The van der Waals surface area contributed by atoms with Gasteiger partial charge in [-0.25, -0.2) is 9.38 Å². The number of aromatic nitrogens is 1. The van der Waals surface area contributed by atoms with E-state index in [1.54, 1.807) is 17.0 Å². The minimum Gasteiger partial charge on any atom is -0.378 e. The fourth-order valence-electron chi connectivity index (χ4n) is 4.22. The number of halogens is 1. The molecule has 0 aliphatic carbocycles. The molecule has 2 aromatic carbocycles. The van der Waals surface area contributed by atoms with Crippen LogP contribution in [0.4, 0.5) is 10.1 Å². The lowest BCUT2D eigenvalue weighted by Crippen LogP contribution is -2.42. The summed E-state index contributed by atoms with van der Waals surface area (Å²) in [5.41, 5.74) is 2.38. The molecule has 2 amide bonds. The first-order valence-electron chi connectivity index (χ1n) is 11.5. The third-order valence-electron chi connectivity index (χ3n) is 6.03. The number of aliphatic imine (C=N–C) groups is 1. The van der Waals surface area contributed by atoms with Gasteiger partial charge in [-0.1, -0.05) is 18.2 Å². The largest absolute Gasteiger partial charge is 0.378 e. The molecule has 7 nitrogen and oxygen atoms in total. The molecule has 0 atom stereocenters. The van der Waals surface area contributed by atoms with Gasteiger partial charge in [-0.05, 0) is 55.1 Å². The summed E-state index contributed by atoms with van der Waals surface area (Å²) < 4.78 is 20.6. The number of carbonyl (C=O) groups is 2. The van der Waals surface area contributed by atoms with Crippen LogP contribution in [0.5, 0.6) is 0 Å². The summed E-state index contributed by atoms with van der Waals surface area (Å²) in [6, 6.07) is 13.7. The Labute approximate surface area is 206 Å². The Morgan fingerprint density at radius 2 is 1.89 bits per heavy atom. The Morgan fingerprint density at radius 3 is 2.63 bits per heavy atom. The molecule has 5 rings (SSSR count). The highest BCUT2D eigenvalue weighted by Crippen LogP contribution is 2.35. The van der Waals surface area contributed by atoms with Gasteiger partial charge in [-0.2, -0.15) is 0 Å². The number of nitrogens with zero attached hydrogens (tertiary/aromatic N) is 4. The molecule has 1 aromatic heterocycles. The van der Waals surface area contributed by atoms with Crippen LogP contribution in [0.2, 0.25) is 0 Å². The van der Waals surface area contributed by atoms with Crippen LogP contribution in [-0.4, -0.2) is 64.2 Å². The maximum Gasteiger partial charge on any atom is 0.266 e. The van der Waals surface area contributed by atoms with E-state index in [1.165, 1.54) is 23.9 Å². The second-order valence-electron chi connectivity index (χ2n) is 8.25. The summed E-state index contributed by atoms with van der Waals surface area (Å²) in [4.78, 5) is 34.6. The van der Waals surface area contributed by atoms with Gasteiger partial charge < -0.3 is 14.2 Å². The van der Waals surface area contributed by atoms with E-state index in [-0.39, 0.29) is 24.2 Å². The summed E-state index contributed by atoms with van der Waals surface area (Å²) in [7, 11) is 0. The summed E-state index contributed by atoms with van der Waals surface area (Å²) in [5, 5.41) is 1.52. The number of hydrogen-bond acceptors (Lipinski definition) is 5. The quantitative estimate of drug-likeness (QED) is 0.499. The zero-order chi connectivity index (χ0) is 24.4. The highest BCUT2D eigenvalue weighted by atomic mass is 32.2. The number of ether oxygens (including phenoxy) is 1. The highest BCUT2D eigenvalue weighted by Gasteiger charge is 2.32. The van der Waals surface area contributed by atoms with Crippen molar-refractivity contribution in [1.29, 1.82) is 0 Å². The molecule has 9 heteroatoms. The monoisotopic (exact) mass is 492 g/mol. The molecule has 2 fully saturated rings. The van der Waals surface area contributed by atoms with Gasteiger partial charge in [0, 0.05) is 42.3 Å². The molecular weight excluding hydrogens is 467 g/mol. The summed E-state index contributed by atoms with van der Waals surface area (Å²) in [5.74, 6) is -0.412. The molecule has 35 heavy (non-hydrogen) atoms. The topological polar surface area (TPSA) is 67.1 Å². The van der Waals surface area contributed by atoms with Crippen LogP contribution in [-0.2, 0) is 20.9 Å². The van der Waals surface area contributed by atoms with Crippen LogP contribution >= 0.6 is 11.8 Å². The molecule has 3 heterocycles. The molecule has 0 radical (unpaired) electrons. The molecule has 0 bridgehead atoms. The predicted molar refractivity (Wildman–Crippen MR) is 136 cm³/mol. The number of morpholine rings is 1. The van der Waals surface area contributed by atoms with Crippen molar-refractivity contribution in [1.82, 2.24) is 14.4 Å². The van der Waals surface area contributed by atoms with Crippen LogP contribution in [0, 0.1) is 5.82 Å². The van der Waals surface area contributed by atoms with Gasteiger partial charge in [0.2, 0.25) is 5.91 Å². The van der Waals surface area contributed by atoms with E-state index in [4.69, 9.17) is 4.74 Å². The zero-order valence-electron chi connectivity index (χ0n) is 19.3. The highest BCUT2D eigenvalue weighted by molar-refractivity contribution is 8.18. The number of fused-ring (bicyclic) bond motifs is 1. The van der Waals surface area contributed by atoms with E-state index in [0.717, 1.165) is 16.5 Å². The number of benzene rings is 2. The maximum absolute atomic E-state index is 13.3. The molecular formula is C26H25FN4O3S. The molecule has 3 aromatic rings. The van der Waals surface area contributed by atoms with Crippen LogP contribution in [0.25, 0.3) is 17.0 Å². The van der Waals surface area contributed by atoms with Crippen molar-refractivity contribution < 1.29 is 18.7 Å². The van der Waals surface area contributed by atoms with E-state index in [2.05, 4.69) is 4.99 Å². The van der Waals surface area contributed by atoms with Gasteiger partial charge >= 0.3 is 0 Å². The third-order valence-corrected chi connectivity index (χ3v) is 7.04. The lowest BCUT2D eigenvalue weighted by atomic mass is 10.1. The normalized spacial score (nSPS) is 18.9. The summed E-state index contributed by atoms with van der Waals surface area (Å²) in [6.07, 6.45) is 3.79. The number of thioether (sulfide) groups is 1. The Hall–Kier alpha value is -3.43. The minimum atomic E-state index is -0.333. The minimum absolute atomic E-state index is 0.0467. The smallest absolute Gasteiger partial charge is 0.266 e. The van der Waals surface area contributed by atoms with Crippen LogP contribution in [0.3, 0.4) is 0 Å². The molecule has 2 aliphatic rings. The molecule has 2 saturated heterocycles. The fraction of sp³-hybridized carbons (Fsp3) is 0.269. The van der Waals surface area contributed by atoms with Gasteiger partial charge in [-0.3, -0.25) is 14.5 Å². The fourth-order valence-corrected chi connectivity index (χ4v) is 5.27. The third kappa shape index (κ3) is 4.87. The number of hydrogen-bond donors (Lipinski definition) is 0. The average Bonchev–Trinajstić information content (AvgIpc) is 3.37. The first-order valence-corrected chi connectivity index (χ1v) is 12.3. The van der Waals surface area contributed by atoms with Crippen LogP contribution in [0.15, 0.2) is 64.6 Å². The molecule has 0 unspecified atom stereocenters. The van der Waals surface area contributed by atoms with E-state index in [1.807, 2.05) is 52.9 Å². The van der Waals surface area contributed by atoms with Crippen molar-refractivity contribution in [2.45, 2.75) is 13.5 Å². The Bertz CT molecular complexity index is 1330. The van der Waals surface area contributed by atoms with Crippen molar-refractivity contribution >= 4 is 51.4 Å². The number of amidine groups is 1. The summed E-state index contributed by atoms with van der Waals surface area (Å²) >= 11 is 1.30. The number of rotatable bonds is 5.